The number of ether oxygens (including phenoxy) is 1. The Morgan fingerprint density at radius 3 is 2.95 bits per heavy atom. The molecule has 1 saturated heterocycles. The van der Waals surface area contributed by atoms with Gasteiger partial charge in [-0.25, -0.2) is 0 Å². The lowest BCUT2D eigenvalue weighted by Gasteiger charge is -2.32. The largest absolute Gasteiger partial charge is 0.469 e. The van der Waals surface area contributed by atoms with E-state index < -0.39 is 4.92 Å². The molecule has 0 amide bonds. The first-order valence-corrected chi connectivity index (χ1v) is 6.77. The van der Waals surface area contributed by atoms with Gasteiger partial charge in [-0.3, -0.25) is 14.9 Å². The van der Waals surface area contributed by atoms with E-state index in [0.717, 1.165) is 12.8 Å². The van der Waals surface area contributed by atoms with E-state index in [1.165, 1.54) is 19.2 Å². The van der Waals surface area contributed by atoms with Crippen molar-refractivity contribution < 1.29 is 19.6 Å². The normalized spacial score (nSPS) is 18.4. The van der Waals surface area contributed by atoms with Gasteiger partial charge in [-0.05, 0) is 30.5 Å². The molecule has 1 aliphatic rings. The molecule has 1 aliphatic heterocycles. The van der Waals surface area contributed by atoms with E-state index in [0.29, 0.717) is 24.3 Å². The Bertz CT molecular complexity index is 546. The lowest BCUT2D eigenvalue weighted by molar-refractivity contribution is -0.384. The van der Waals surface area contributed by atoms with Crippen LogP contribution in [0.4, 0.5) is 11.4 Å². The van der Waals surface area contributed by atoms with Crippen molar-refractivity contribution in [3.63, 3.8) is 0 Å². The smallest absolute Gasteiger partial charge is 0.310 e. The van der Waals surface area contributed by atoms with E-state index >= 15 is 0 Å². The zero-order valence-electron chi connectivity index (χ0n) is 11.8. The summed E-state index contributed by atoms with van der Waals surface area (Å²) in [5, 5.41) is 20.4. The van der Waals surface area contributed by atoms with Crippen molar-refractivity contribution in [2.45, 2.75) is 19.4 Å². The third kappa shape index (κ3) is 3.30. The molecule has 114 valence electrons. The lowest BCUT2D eigenvalue weighted by Crippen LogP contribution is -2.39. The maximum absolute atomic E-state index is 11.7. The molecule has 1 aromatic carbocycles. The first-order valence-electron chi connectivity index (χ1n) is 6.77. The van der Waals surface area contributed by atoms with Gasteiger partial charge in [-0.15, -0.1) is 0 Å². The summed E-state index contributed by atoms with van der Waals surface area (Å²) in [5.74, 6) is -0.568. The molecule has 7 heteroatoms. The third-order valence-electron chi connectivity index (χ3n) is 3.72. The SMILES string of the molecule is COC(=O)[C@H]1CCCN(c2cc(CO)ccc2[N+](=O)[O-])C1. The van der Waals surface area contributed by atoms with Gasteiger partial charge < -0.3 is 14.7 Å². The number of aliphatic hydroxyl groups is 1. The summed E-state index contributed by atoms with van der Waals surface area (Å²) in [6.07, 6.45) is 1.48. The van der Waals surface area contributed by atoms with Gasteiger partial charge in [0, 0.05) is 19.2 Å². The fraction of sp³-hybridized carbons (Fsp3) is 0.500. The van der Waals surface area contributed by atoms with Crippen molar-refractivity contribution >= 4 is 17.3 Å². The number of hydrogen-bond donors (Lipinski definition) is 1. The minimum atomic E-state index is -0.446. The highest BCUT2D eigenvalue weighted by atomic mass is 16.6. The topological polar surface area (TPSA) is 92.9 Å². The average Bonchev–Trinajstić information content (AvgIpc) is 2.53. The number of nitro benzene ring substituents is 1. The fourth-order valence-electron chi connectivity index (χ4n) is 2.63. The van der Waals surface area contributed by atoms with Gasteiger partial charge in [0.2, 0.25) is 0 Å². The van der Waals surface area contributed by atoms with E-state index in [1.807, 2.05) is 4.90 Å². The molecule has 1 atom stereocenters. The van der Waals surface area contributed by atoms with Gasteiger partial charge in [0.05, 0.1) is 24.6 Å². The molecule has 7 nitrogen and oxygen atoms in total. The molecule has 1 aromatic rings. The quantitative estimate of drug-likeness (QED) is 0.513. The van der Waals surface area contributed by atoms with Gasteiger partial charge in [-0.1, -0.05) is 0 Å². The Kier molecular flexibility index (Phi) is 4.74. The molecule has 1 fully saturated rings. The summed E-state index contributed by atoms with van der Waals surface area (Å²) in [5.41, 5.74) is 1.04. The number of anilines is 1. The van der Waals surface area contributed by atoms with Crippen LogP contribution >= 0.6 is 0 Å². The Balaban J connectivity index is 2.31. The number of nitrogens with zero attached hydrogens (tertiary/aromatic N) is 2. The van der Waals surface area contributed by atoms with Crippen LogP contribution in [0.2, 0.25) is 0 Å². The van der Waals surface area contributed by atoms with Crippen LogP contribution in [0.3, 0.4) is 0 Å². The van der Waals surface area contributed by atoms with E-state index in [9.17, 15) is 20.0 Å². The first-order chi connectivity index (χ1) is 10.1. The second-order valence-electron chi connectivity index (χ2n) is 5.05. The Morgan fingerprint density at radius 1 is 1.57 bits per heavy atom. The van der Waals surface area contributed by atoms with Gasteiger partial charge in [0.15, 0.2) is 0 Å². The summed E-state index contributed by atoms with van der Waals surface area (Å²) in [7, 11) is 1.34. The molecule has 0 bridgehead atoms. The highest BCUT2D eigenvalue weighted by Crippen LogP contribution is 2.32. The van der Waals surface area contributed by atoms with Crippen LogP contribution in [-0.4, -0.2) is 36.2 Å². The molecule has 1 N–H and O–H groups in total. The number of methoxy groups -OCH3 is 1. The van der Waals surface area contributed by atoms with Crippen LogP contribution in [0.15, 0.2) is 18.2 Å². The monoisotopic (exact) mass is 294 g/mol. The number of piperidine rings is 1. The maximum Gasteiger partial charge on any atom is 0.310 e. The van der Waals surface area contributed by atoms with Crippen molar-refractivity contribution in [3.8, 4) is 0 Å². The second-order valence-corrected chi connectivity index (χ2v) is 5.05. The minimum absolute atomic E-state index is 0.0160. The molecule has 0 aliphatic carbocycles. The molecule has 0 aromatic heterocycles. The van der Waals surface area contributed by atoms with Crippen LogP contribution < -0.4 is 4.90 Å². The summed E-state index contributed by atoms with van der Waals surface area (Å²) in [4.78, 5) is 24.2. The van der Waals surface area contributed by atoms with Gasteiger partial charge >= 0.3 is 5.97 Å². The van der Waals surface area contributed by atoms with E-state index in [2.05, 4.69) is 0 Å². The third-order valence-corrected chi connectivity index (χ3v) is 3.72. The molecule has 0 saturated carbocycles. The second kappa shape index (κ2) is 6.53. The van der Waals surface area contributed by atoms with E-state index in [4.69, 9.17) is 4.74 Å². The van der Waals surface area contributed by atoms with Crippen molar-refractivity contribution in [3.05, 3.63) is 33.9 Å². The number of benzene rings is 1. The maximum atomic E-state index is 11.7. The molecule has 0 radical (unpaired) electrons. The molecule has 1 heterocycles. The standard InChI is InChI=1S/C14H18N2O5/c1-21-14(18)11-3-2-6-15(8-11)13-7-10(9-17)4-5-12(13)16(19)20/h4-5,7,11,17H,2-3,6,8-9H2,1H3/t11-/m0/s1. The number of esters is 1. The number of nitro groups is 1. The number of rotatable bonds is 4. The van der Waals surface area contributed by atoms with Gasteiger partial charge in [-0.2, -0.15) is 0 Å². The van der Waals surface area contributed by atoms with Crippen molar-refractivity contribution in [2.24, 2.45) is 5.92 Å². The first kappa shape index (κ1) is 15.2. The highest BCUT2D eigenvalue weighted by molar-refractivity contribution is 5.74. The van der Waals surface area contributed by atoms with Crippen LogP contribution in [0.5, 0.6) is 0 Å². The van der Waals surface area contributed by atoms with Crippen molar-refractivity contribution in [1.29, 1.82) is 0 Å². The Labute approximate surface area is 122 Å². The molecule has 0 spiro atoms. The van der Waals surface area contributed by atoms with E-state index in [1.54, 1.807) is 6.07 Å². The Morgan fingerprint density at radius 2 is 2.33 bits per heavy atom. The summed E-state index contributed by atoms with van der Waals surface area (Å²) < 4.78 is 4.76. The number of hydrogen-bond acceptors (Lipinski definition) is 6. The van der Waals surface area contributed by atoms with Crippen LogP contribution in [0.1, 0.15) is 18.4 Å². The number of carbonyl (C=O) groups excluding carboxylic acids is 1. The average molecular weight is 294 g/mol. The molecule has 2 rings (SSSR count). The fourth-order valence-corrected chi connectivity index (χ4v) is 2.63. The van der Waals surface area contributed by atoms with Crippen molar-refractivity contribution in [1.82, 2.24) is 0 Å². The zero-order valence-corrected chi connectivity index (χ0v) is 11.8. The molecule has 0 unspecified atom stereocenters. The Hall–Kier alpha value is -2.15. The lowest BCUT2D eigenvalue weighted by atomic mass is 9.97. The van der Waals surface area contributed by atoms with Gasteiger partial charge in [0.1, 0.15) is 5.69 Å². The zero-order chi connectivity index (χ0) is 15.4. The molecule has 21 heavy (non-hydrogen) atoms. The van der Waals surface area contributed by atoms with Gasteiger partial charge in [0.25, 0.3) is 5.69 Å². The minimum Gasteiger partial charge on any atom is -0.469 e. The van der Waals surface area contributed by atoms with Crippen molar-refractivity contribution in [2.75, 3.05) is 25.1 Å². The van der Waals surface area contributed by atoms with Crippen LogP contribution in [-0.2, 0) is 16.1 Å². The molecular weight excluding hydrogens is 276 g/mol. The number of aliphatic hydroxyl groups excluding tert-OH is 1. The predicted octanol–water partition coefficient (Wildman–Crippen LogP) is 1.48. The molecular formula is C14H18N2O5. The number of carbonyl (C=O) groups is 1. The van der Waals surface area contributed by atoms with E-state index in [-0.39, 0.29) is 24.2 Å². The van der Waals surface area contributed by atoms with Crippen LogP contribution in [0.25, 0.3) is 0 Å². The highest BCUT2D eigenvalue weighted by Gasteiger charge is 2.29. The summed E-state index contributed by atoms with van der Waals surface area (Å²) in [6, 6.07) is 4.53. The summed E-state index contributed by atoms with van der Waals surface area (Å²) >= 11 is 0. The van der Waals surface area contributed by atoms with Crippen LogP contribution in [0, 0.1) is 16.0 Å². The predicted molar refractivity (Wildman–Crippen MR) is 76.0 cm³/mol. The summed E-state index contributed by atoms with van der Waals surface area (Å²) in [6.45, 7) is 0.852.